The first kappa shape index (κ1) is 11.6. The number of hydrogen-bond donors (Lipinski definition) is 1. The first-order valence-electron chi connectivity index (χ1n) is 4.37. The number of nitrogens with two attached hydrogens (primary N) is 1. The Morgan fingerprint density at radius 2 is 2.20 bits per heavy atom. The minimum atomic E-state index is -0.551. The molecular weight excluding hydrogens is 214 g/mol. The Balaban J connectivity index is 2.79. The van der Waals surface area contributed by atoms with Crippen LogP contribution in [0.4, 0.5) is 4.79 Å². The molecule has 0 spiro atoms. The van der Waals surface area contributed by atoms with Gasteiger partial charge in [0.1, 0.15) is 10.6 Å². The van der Waals surface area contributed by atoms with E-state index in [1.807, 2.05) is 0 Å². The highest BCUT2D eigenvalue weighted by Gasteiger charge is 2.18. The van der Waals surface area contributed by atoms with Crippen LogP contribution in [0.25, 0.3) is 0 Å². The monoisotopic (exact) mass is 227 g/mol. The maximum absolute atomic E-state index is 11.5. The van der Waals surface area contributed by atoms with Crippen LogP contribution in [-0.4, -0.2) is 26.5 Å². The Morgan fingerprint density at radius 1 is 1.60 bits per heavy atom. The van der Waals surface area contributed by atoms with E-state index in [-0.39, 0.29) is 4.99 Å². The van der Waals surface area contributed by atoms with E-state index in [9.17, 15) is 4.79 Å². The highest BCUT2D eigenvalue weighted by molar-refractivity contribution is 7.80. The molecule has 0 aliphatic heterocycles. The van der Waals surface area contributed by atoms with E-state index >= 15 is 0 Å². The number of ether oxygens (including phenoxy) is 1. The highest BCUT2D eigenvalue weighted by Crippen LogP contribution is 2.08. The lowest BCUT2D eigenvalue weighted by Gasteiger charge is -2.18. The number of carbonyl (C=O) groups excluding carboxylic acids is 1. The van der Waals surface area contributed by atoms with E-state index in [0.717, 1.165) is 4.68 Å². The SMILES string of the molecule is CC(C)(C)OC(=O)n1cc(C(N)=S)cn1. The van der Waals surface area contributed by atoms with Gasteiger partial charge in [-0.2, -0.15) is 9.78 Å². The zero-order chi connectivity index (χ0) is 11.6. The molecule has 1 rings (SSSR count). The van der Waals surface area contributed by atoms with Crippen molar-refractivity contribution in [3.05, 3.63) is 18.0 Å². The predicted molar refractivity (Wildman–Crippen MR) is 59.7 cm³/mol. The van der Waals surface area contributed by atoms with Gasteiger partial charge in [0.2, 0.25) is 0 Å². The molecule has 6 heteroatoms. The van der Waals surface area contributed by atoms with Crippen LogP contribution in [0.1, 0.15) is 26.3 Å². The van der Waals surface area contributed by atoms with Crippen LogP contribution in [0.5, 0.6) is 0 Å². The van der Waals surface area contributed by atoms with Gasteiger partial charge in [-0.15, -0.1) is 0 Å². The number of hydrogen-bond acceptors (Lipinski definition) is 4. The van der Waals surface area contributed by atoms with E-state index in [1.165, 1.54) is 12.4 Å². The third-order valence-corrected chi connectivity index (χ3v) is 1.68. The third kappa shape index (κ3) is 3.32. The van der Waals surface area contributed by atoms with Gasteiger partial charge in [0.05, 0.1) is 6.20 Å². The summed E-state index contributed by atoms with van der Waals surface area (Å²) in [7, 11) is 0. The summed E-state index contributed by atoms with van der Waals surface area (Å²) in [6.07, 6.45) is 2.31. The second-order valence-corrected chi connectivity index (χ2v) is 4.46. The van der Waals surface area contributed by atoms with E-state index < -0.39 is 11.7 Å². The van der Waals surface area contributed by atoms with Crippen molar-refractivity contribution in [1.82, 2.24) is 9.78 Å². The summed E-state index contributed by atoms with van der Waals surface area (Å²) in [5, 5.41) is 3.80. The third-order valence-electron chi connectivity index (χ3n) is 1.45. The quantitative estimate of drug-likeness (QED) is 0.732. The molecule has 0 saturated carbocycles. The zero-order valence-electron chi connectivity index (χ0n) is 8.85. The lowest BCUT2D eigenvalue weighted by atomic mass is 10.2. The average Bonchev–Trinajstić information content (AvgIpc) is 2.47. The summed E-state index contributed by atoms with van der Waals surface area (Å²) < 4.78 is 6.16. The standard InChI is InChI=1S/C9H13N3O2S/c1-9(2,3)14-8(13)12-5-6(4-11-12)7(10)15/h4-5H,1-3H3,(H2,10,15). The molecule has 82 valence electrons. The zero-order valence-corrected chi connectivity index (χ0v) is 9.67. The fourth-order valence-electron chi connectivity index (χ4n) is 0.859. The maximum Gasteiger partial charge on any atom is 0.435 e. The summed E-state index contributed by atoms with van der Waals surface area (Å²) in [6, 6.07) is 0. The van der Waals surface area contributed by atoms with Gasteiger partial charge in [-0.1, -0.05) is 12.2 Å². The predicted octanol–water partition coefficient (Wildman–Crippen LogP) is 1.30. The lowest BCUT2D eigenvalue weighted by Crippen LogP contribution is -2.27. The number of carbonyl (C=O) groups is 1. The molecule has 0 aliphatic rings. The summed E-state index contributed by atoms with van der Waals surface area (Å²) in [6.45, 7) is 5.34. The average molecular weight is 227 g/mol. The van der Waals surface area contributed by atoms with Crippen molar-refractivity contribution in [2.24, 2.45) is 5.73 Å². The molecule has 0 amide bonds. The highest BCUT2D eigenvalue weighted by atomic mass is 32.1. The van der Waals surface area contributed by atoms with E-state index in [0.29, 0.717) is 5.56 Å². The largest absolute Gasteiger partial charge is 0.442 e. The molecule has 0 saturated heterocycles. The van der Waals surface area contributed by atoms with Crippen LogP contribution in [-0.2, 0) is 4.74 Å². The minimum absolute atomic E-state index is 0.199. The fraction of sp³-hybridized carbons (Fsp3) is 0.444. The Bertz CT molecular complexity index is 392. The van der Waals surface area contributed by atoms with Crippen LogP contribution in [0.3, 0.4) is 0 Å². The molecule has 0 radical (unpaired) electrons. The maximum atomic E-state index is 11.5. The summed E-state index contributed by atoms with van der Waals surface area (Å²) in [5.41, 5.74) is 5.37. The summed E-state index contributed by atoms with van der Waals surface area (Å²) >= 11 is 4.74. The van der Waals surface area contributed by atoms with E-state index in [4.69, 9.17) is 22.7 Å². The molecule has 5 nitrogen and oxygen atoms in total. The van der Waals surface area contributed by atoms with Crippen molar-refractivity contribution in [2.45, 2.75) is 26.4 Å². The van der Waals surface area contributed by atoms with Crippen LogP contribution < -0.4 is 5.73 Å². The molecule has 1 heterocycles. The van der Waals surface area contributed by atoms with E-state index in [1.54, 1.807) is 20.8 Å². The fourth-order valence-corrected chi connectivity index (χ4v) is 0.964. The molecule has 0 bridgehead atoms. The van der Waals surface area contributed by atoms with Gasteiger partial charge in [-0.25, -0.2) is 4.79 Å². The number of aromatic nitrogens is 2. The molecule has 1 aromatic heterocycles. The topological polar surface area (TPSA) is 70.1 Å². The minimum Gasteiger partial charge on any atom is -0.442 e. The molecule has 1 aromatic rings. The van der Waals surface area contributed by atoms with Crippen molar-refractivity contribution in [1.29, 1.82) is 0 Å². The van der Waals surface area contributed by atoms with Gasteiger partial charge in [-0.3, -0.25) is 0 Å². The molecule has 0 atom stereocenters. The first-order valence-corrected chi connectivity index (χ1v) is 4.78. The number of thiocarbonyl (C=S) groups is 1. The van der Waals surface area contributed by atoms with Gasteiger partial charge >= 0.3 is 6.09 Å². The van der Waals surface area contributed by atoms with Crippen molar-refractivity contribution in [2.75, 3.05) is 0 Å². The number of nitrogens with zero attached hydrogens (tertiary/aromatic N) is 2. The van der Waals surface area contributed by atoms with Gasteiger partial charge in [0.15, 0.2) is 0 Å². The molecule has 0 unspecified atom stereocenters. The van der Waals surface area contributed by atoms with Gasteiger partial charge < -0.3 is 10.5 Å². The number of rotatable bonds is 1. The lowest BCUT2D eigenvalue weighted by molar-refractivity contribution is 0.0514. The van der Waals surface area contributed by atoms with Crippen molar-refractivity contribution in [3.63, 3.8) is 0 Å². The summed E-state index contributed by atoms with van der Waals surface area (Å²) in [5.74, 6) is 0. The Morgan fingerprint density at radius 3 is 2.60 bits per heavy atom. The molecular formula is C9H13N3O2S. The second kappa shape index (κ2) is 3.98. The smallest absolute Gasteiger partial charge is 0.435 e. The summed E-state index contributed by atoms with van der Waals surface area (Å²) in [4.78, 5) is 11.7. The van der Waals surface area contributed by atoms with Crippen LogP contribution in [0, 0.1) is 0 Å². The Labute approximate surface area is 93.2 Å². The first-order chi connectivity index (χ1) is 6.79. The van der Waals surface area contributed by atoms with Crippen molar-refractivity contribution < 1.29 is 9.53 Å². The van der Waals surface area contributed by atoms with Gasteiger partial charge in [0, 0.05) is 11.8 Å². The molecule has 0 aliphatic carbocycles. The van der Waals surface area contributed by atoms with Crippen molar-refractivity contribution >= 4 is 23.3 Å². The second-order valence-electron chi connectivity index (χ2n) is 4.02. The van der Waals surface area contributed by atoms with Gasteiger partial charge in [0.25, 0.3) is 0 Å². The van der Waals surface area contributed by atoms with Crippen LogP contribution in [0.15, 0.2) is 12.4 Å². The molecule has 0 fully saturated rings. The van der Waals surface area contributed by atoms with Crippen LogP contribution >= 0.6 is 12.2 Å². The van der Waals surface area contributed by atoms with Crippen molar-refractivity contribution in [3.8, 4) is 0 Å². The normalized spacial score (nSPS) is 11.1. The molecule has 2 N–H and O–H groups in total. The Kier molecular flexibility index (Phi) is 3.09. The molecule has 15 heavy (non-hydrogen) atoms. The Hall–Kier alpha value is -1.43. The van der Waals surface area contributed by atoms with Gasteiger partial charge in [-0.05, 0) is 20.8 Å². The van der Waals surface area contributed by atoms with Crippen LogP contribution in [0.2, 0.25) is 0 Å². The molecule has 0 aromatic carbocycles. The van der Waals surface area contributed by atoms with E-state index in [2.05, 4.69) is 5.10 Å².